The van der Waals surface area contributed by atoms with Gasteiger partial charge in [0.15, 0.2) is 0 Å². The van der Waals surface area contributed by atoms with Gasteiger partial charge in [-0.05, 0) is 24.0 Å². The van der Waals surface area contributed by atoms with Gasteiger partial charge >= 0.3 is 0 Å². The molecule has 0 aliphatic carbocycles. The number of rotatable bonds is 7. The first-order chi connectivity index (χ1) is 11.5. The van der Waals surface area contributed by atoms with Gasteiger partial charge in [-0.3, -0.25) is 4.79 Å². The van der Waals surface area contributed by atoms with Gasteiger partial charge in [-0.25, -0.2) is 9.97 Å². The molecule has 1 aromatic heterocycles. The highest BCUT2D eigenvalue weighted by molar-refractivity contribution is 6.03. The Labute approximate surface area is 144 Å². The molecule has 0 atom stereocenters. The molecule has 1 amide bonds. The molecule has 2 rings (SSSR count). The van der Waals surface area contributed by atoms with Crippen LogP contribution in [0, 0.1) is 0 Å². The van der Waals surface area contributed by atoms with Crippen LogP contribution in [0.4, 0.5) is 11.5 Å². The topological polar surface area (TPSA) is 58.1 Å². The van der Waals surface area contributed by atoms with Gasteiger partial charge in [0.1, 0.15) is 11.5 Å². The minimum atomic E-state index is -0.238. The Morgan fingerprint density at radius 2 is 1.96 bits per heavy atom. The standard InChI is InChI=1S/C19H26N4O/c1-5-6-11-23(4)18-13-20-17(12-21-18)19(24)22-16-10-8-7-9-15(16)14(2)3/h7-10,12-14H,5-6,11H2,1-4H3,(H,22,24). The van der Waals surface area contributed by atoms with E-state index < -0.39 is 0 Å². The van der Waals surface area contributed by atoms with E-state index in [-0.39, 0.29) is 5.91 Å². The summed E-state index contributed by atoms with van der Waals surface area (Å²) in [5, 5.41) is 2.94. The largest absolute Gasteiger partial charge is 0.358 e. The number of hydrogen-bond acceptors (Lipinski definition) is 4. The molecule has 0 radical (unpaired) electrons. The van der Waals surface area contributed by atoms with Crippen molar-refractivity contribution >= 4 is 17.4 Å². The van der Waals surface area contributed by atoms with Crippen molar-refractivity contribution in [1.29, 1.82) is 0 Å². The number of anilines is 2. The van der Waals surface area contributed by atoms with Crippen LogP contribution in [0.2, 0.25) is 0 Å². The molecule has 5 heteroatoms. The van der Waals surface area contributed by atoms with Gasteiger partial charge < -0.3 is 10.2 Å². The Hall–Kier alpha value is -2.43. The van der Waals surface area contributed by atoms with E-state index in [0.29, 0.717) is 11.6 Å². The molecule has 0 bridgehead atoms. The number of carbonyl (C=O) groups excluding carboxylic acids is 1. The Morgan fingerprint density at radius 1 is 1.21 bits per heavy atom. The normalized spacial score (nSPS) is 10.7. The van der Waals surface area contributed by atoms with Gasteiger partial charge in [-0.15, -0.1) is 0 Å². The third-order valence-electron chi connectivity index (χ3n) is 3.94. The molecule has 128 valence electrons. The summed E-state index contributed by atoms with van der Waals surface area (Å²) in [5.74, 6) is 0.878. The van der Waals surface area contributed by atoms with Crippen LogP contribution in [0.5, 0.6) is 0 Å². The summed E-state index contributed by atoms with van der Waals surface area (Å²) in [6.07, 6.45) is 5.42. The predicted molar refractivity (Wildman–Crippen MR) is 98.7 cm³/mol. The second-order valence-corrected chi connectivity index (χ2v) is 6.23. The number of benzene rings is 1. The molecule has 0 saturated carbocycles. The quantitative estimate of drug-likeness (QED) is 0.832. The average molecular weight is 326 g/mol. The van der Waals surface area contributed by atoms with Crippen LogP contribution >= 0.6 is 0 Å². The van der Waals surface area contributed by atoms with Gasteiger partial charge in [0.25, 0.3) is 5.91 Å². The molecule has 1 heterocycles. The lowest BCUT2D eigenvalue weighted by Gasteiger charge is -2.17. The van der Waals surface area contributed by atoms with Gasteiger partial charge in [-0.2, -0.15) is 0 Å². The van der Waals surface area contributed by atoms with E-state index in [0.717, 1.165) is 36.5 Å². The summed E-state index contributed by atoms with van der Waals surface area (Å²) in [6, 6.07) is 7.83. The van der Waals surface area contributed by atoms with E-state index in [1.54, 1.807) is 6.20 Å². The minimum absolute atomic E-state index is 0.238. The number of carbonyl (C=O) groups is 1. The van der Waals surface area contributed by atoms with Crippen molar-refractivity contribution in [1.82, 2.24) is 9.97 Å². The Kier molecular flexibility index (Phi) is 6.29. The van der Waals surface area contributed by atoms with Crippen LogP contribution in [0.3, 0.4) is 0 Å². The van der Waals surface area contributed by atoms with Crippen molar-refractivity contribution < 1.29 is 4.79 Å². The molecule has 0 fully saturated rings. The van der Waals surface area contributed by atoms with E-state index >= 15 is 0 Å². The van der Waals surface area contributed by atoms with E-state index in [4.69, 9.17) is 0 Å². The number of hydrogen-bond donors (Lipinski definition) is 1. The Balaban J connectivity index is 2.08. The lowest BCUT2D eigenvalue weighted by Crippen LogP contribution is -2.21. The smallest absolute Gasteiger partial charge is 0.275 e. The fourth-order valence-electron chi connectivity index (χ4n) is 2.45. The number of unbranched alkanes of at least 4 members (excludes halogenated alkanes) is 1. The molecule has 1 N–H and O–H groups in total. The van der Waals surface area contributed by atoms with Crippen molar-refractivity contribution in [2.45, 2.75) is 39.5 Å². The highest BCUT2D eigenvalue weighted by Crippen LogP contribution is 2.24. The van der Waals surface area contributed by atoms with Crippen LogP contribution < -0.4 is 10.2 Å². The highest BCUT2D eigenvalue weighted by Gasteiger charge is 2.13. The van der Waals surface area contributed by atoms with Crippen molar-refractivity contribution in [3.63, 3.8) is 0 Å². The maximum absolute atomic E-state index is 12.4. The molecule has 0 aliphatic heterocycles. The van der Waals surface area contributed by atoms with Crippen LogP contribution in [-0.4, -0.2) is 29.5 Å². The first-order valence-corrected chi connectivity index (χ1v) is 8.46. The monoisotopic (exact) mass is 326 g/mol. The first kappa shape index (κ1) is 17.9. The summed E-state index contributed by atoms with van der Waals surface area (Å²) < 4.78 is 0. The van der Waals surface area contributed by atoms with Gasteiger partial charge in [-0.1, -0.05) is 45.4 Å². The van der Waals surface area contributed by atoms with Gasteiger partial charge in [0, 0.05) is 19.3 Å². The third kappa shape index (κ3) is 4.54. The van der Waals surface area contributed by atoms with Crippen LogP contribution in [0.25, 0.3) is 0 Å². The lowest BCUT2D eigenvalue weighted by molar-refractivity contribution is 0.102. The summed E-state index contributed by atoms with van der Waals surface area (Å²) in [5.41, 5.74) is 2.25. The summed E-state index contributed by atoms with van der Waals surface area (Å²) in [7, 11) is 1.98. The van der Waals surface area contributed by atoms with Crippen molar-refractivity contribution in [2.24, 2.45) is 0 Å². The van der Waals surface area contributed by atoms with E-state index in [2.05, 4.69) is 36.1 Å². The van der Waals surface area contributed by atoms with E-state index in [9.17, 15) is 4.79 Å². The summed E-state index contributed by atoms with van der Waals surface area (Å²) >= 11 is 0. The number of amides is 1. The van der Waals surface area contributed by atoms with Crippen LogP contribution in [0.15, 0.2) is 36.7 Å². The zero-order valence-corrected chi connectivity index (χ0v) is 14.9. The average Bonchev–Trinajstić information content (AvgIpc) is 2.60. The maximum atomic E-state index is 12.4. The molecule has 0 aliphatic rings. The fourth-order valence-corrected chi connectivity index (χ4v) is 2.45. The molecule has 5 nitrogen and oxygen atoms in total. The summed E-state index contributed by atoms with van der Waals surface area (Å²) in [4.78, 5) is 23.1. The summed E-state index contributed by atoms with van der Waals surface area (Å²) in [6.45, 7) is 7.29. The highest BCUT2D eigenvalue weighted by atomic mass is 16.1. The van der Waals surface area contributed by atoms with Gasteiger partial charge in [0.2, 0.25) is 0 Å². The number of aromatic nitrogens is 2. The molecular weight excluding hydrogens is 300 g/mol. The van der Waals surface area contributed by atoms with E-state index in [1.165, 1.54) is 6.20 Å². The fraction of sp³-hybridized carbons (Fsp3) is 0.421. The lowest BCUT2D eigenvalue weighted by atomic mass is 10.0. The van der Waals surface area contributed by atoms with Gasteiger partial charge in [0.05, 0.1) is 12.4 Å². The SMILES string of the molecule is CCCCN(C)c1cnc(C(=O)Nc2ccccc2C(C)C)cn1. The van der Waals surface area contributed by atoms with Crippen molar-refractivity contribution in [2.75, 3.05) is 23.8 Å². The van der Waals surface area contributed by atoms with Crippen molar-refractivity contribution in [3.05, 3.63) is 47.9 Å². The molecule has 0 saturated heterocycles. The predicted octanol–water partition coefficient (Wildman–Crippen LogP) is 4.09. The second kappa shape index (κ2) is 8.43. The van der Waals surface area contributed by atoms with Crippen LogP contribution in [0.1, 0.15) is 55.6 Å². The van der Waals surface area contributed by atoms with Crippen LogP contribution in [-0.2, 0) is 0 Å². The number of nitrogens with zero attached hydrogens (tertiary/aromatic N) is 3. The Morgan fingerprint density at radius 3 is 2.58 bits per heavy atom. The molecule has 2 aromatic rings. The zero-order chi connectivity index (χ0) is 17.5. The Bertz CT molecular complexity index is 667. The molecule has 0 spiro atoms. The van der Waals surface area contributed by atoms with Crippen molar-refractivity contribution in [3.8, 4) is 0 Å². The molecule has 24 heavy (non-hydrogen) atoms. The van der Waals surface area contributed by atoms with E-state index in [1.807, 2.05) is 36.2 Å². The maximum Gasteiger partial charge on any atom is 0.275 e. The molecular formula is C19H26N4O. The second-order valence-electron chi connectivity index (χ2n) is 6.23. The zero-order valence-electron chi connectivity index (χ0n) is 14.9. The first-order valence-electron chi connectivity index (χ1n) is 8.46. The third-order valence-corrected chi connectivity index (χ3v) is 3.94. The molecule has 1 aromatic carbocycles. The minimum Gasteiger partial charge on any atom is -0.358 e. The number of para-hydroxylation sites is 1. The molecule has 0 unspecified atom stereocenters. The number of nitrogens with one attached hydrogen (secondary N) is 1.